The van der Waals surface area contributed by atoms with Gasteiger partial charge in [-0.2, -0.15) is 0 Å². The normalized spacial score (nSPS) is 11.6. The second-order valence-corrected chi connectivity index (χ2v) is 15.1. The van der Waals surface area contributed by atoms with Crippen molar-refractivity contribution < 1.29 is 4.42 Å². The maximum Gasteiger partial charge on any atom is 0.164 e. The highest BCUT2D eigenvalue weighted by Crippen LogP contribution is 2.42. The Bertz CT molecular complexity index is 3240. The minimum absolute atomic E-state index is 0.589. The van der Waals surface area contributed by atoms with Gasteiger partial charge in [0.15, 0.2) is 17.5 Å². The number of fused-ring (bicyclic) bond motifs is 6. The van der Waals surface area contributed by atoms with Crippen molar-refractivity contribution in [3.63, 3.8) is 0 Å². The van der Waals surface area contributed by atoms with Crippen LogP contribution in [0, 0.1) is 0 Å². The van der Waals surface area contributed by atoms with E-state index in [0.717, 1.165) is 55.3 Å². The first-order chi connectivity index (χ1) is 27.7. The smallest absolute Gasteiger partial charge is 0.164 e. The van der Waals surface area contributed by atoms with Gasteiger partial charge in [-0.25, -0.2) is 15.0 Å². The fourth-order valence-corrected chi connectivity index (χ4v) is 8.94. The van der Waals surface area contributed by atoms with E-state index in [4.69, 9.17) is 19.4 Å². The molecule has 8 aromatic carbocycles. The van der Waals surface area contributed by atoms with Gasteiger partial charge >= 0.3 is 0 Å². The monoisotopic (exact) mass is 733 g/mol. The molecule has 0 aliphatic rings. The minimum atomic E-state index is 0.589. The molecule has 0 atom stereocenters. The average Bonchev–Trinajstić information content (AvgIpc) is 3.85. The first-order valence-electron chi connectivity index (χ1n) is 18.7. The predicted octanol–water partition coefficient (Wildman–Crippen LogP) is 14.1. The zero-order valence-corrected chi connectivity index (χ0v) is 30.9. The molecule has 0 aliphatic carbocycles. The summed E-state index contributed by atoms with van der Waals surface area (Å²) in [5.74, 6) is 1.81. The first-order valence-corrected chi connectivity index (χ1v) is 19.5. The number of furan rings is 1. The van der Waals surface area contributed by atoms with E-state index in [1.807, 2.05) is 41.7 Å². The maximum atomic E-state index is 6.26. The van der Waals surface area contributed by atoms with Gasteiger partial charge in [0.2, 0.25) is 0 Å². The first kappa shape index (κ1) is 32.2. The lowest BCUT2D eigenvalue weighted by Crippen LogP contribution is -2.00. The number of hydrogen-bond donors (Lipinski definition) is 0. The van der Waals surface area contributed by atoms with Crippen LogP contribution in [0.4, 0.5) is 0 Å². The Labute approximate surface area is 327 Å². The largest absolute Gasteiger partial charge is 0.456 e. The molecule has 0 saturated heterocycles. The third-order valence-electron chi connectivity index (χ3n) is 10.6. The van der Waals surface area contributed by atoms with Crippen LogP contribution in [-0.4, -0.2) is 15.0 Å². The Kier molecular flexibility index (Phi) is 7.64. The minimum Gasteiger partial charge on any atom is -0.456 e. The number of aromatic nitrogens is 3. The molecule has 56 heavy (non-hydrogen) atoms. The summed E-state index contributed by atoms with van der Waals surface area (Å²) in [5.41, 5.74) is 11.4. The molecule has 0 unspecified atom stereocenters. The topological polar surface area (TPSA) is 51.8 Å². The molecule has 0 bridgehead atoms. The second-order valence-electron chi connectivity index (χ2n) is 14.0. The summed E-state index contributed by atoms with van der Waals surface area (Å²) in [4.78, 5) is 15.2. The molecule has 0 saturated carbocycles. The highest BCUT2D eigenvalue weighted by atomic mass is 32.1. The Morgan fingerprint density at radius 1 is 0.321 bits per heavy atom. The molecule has 0 spiro atoms. The van der Waals surface area contributed by atoms with Crippen LogP contribution in [0.3, 0.4) is 0 Å². The van der Waals surface area contributed by atoms with Crippen LogP contribution in [0.5, 0.6) is 0 Å². The molecule has 11 rings (SSSR count). The van der Waals surface area contributed by atoms with Crippen LogP contribution < -0.4 is 0 Å². The van der Waals surface area contributed by atoms with Crippen molar-refractivity contribution >= 4 is 53.4 Å². The lowest BCUT2D eigenvalue weighted by atomic mass is 9.98. The summed E-state index contributed by atoms with van der Waals surface area (Å²) in [6, 6.07) is 65.8. The number of rotatable bonds is 6. The fourth-order valence-electron chi connectivity index (χ4n) is 7.77. The van der Waals surface area contributed by atoms with E-state index in [1.165, 1.54) is 36.9 Å². The number of thiophene rings is 1. The molecule has 4 nitrogen and oxygen atoms in total. The van der Waals surface area contributed by atoms with E-state index >= 15 is 0 Å². The van der Waals surface area contributed by atoms with Gasteiger partial charge in [0.05, 0.1) is 0 Å². The molecule has 11 aromatic rings. The molecule has 3 aromatic heterocycles. The van der Waals surface area contributed by atoms with Crippen LogP contribution in [0.1, 0.15) is 0 Å². The van der Waals surface area contributed by atoms with Crippen molar-refractivity contribution in [1.29, 1.82) is 0 Å². The molecule has 5 heteroatoms. The summed E-state index contributed by atoms with van der Waals surface area (Å²) >= 11 is 1.85. The summed E-state index contributed by atoms with van der Waals surface area (Å²) in [5, 5.41) is 4.76. The van der Waals surface area contributed by atoms with Gasteiger partial charge in [0.25, 0.3) is 0 Å². The van der Waals surface area contributed by atoms with E-state index in [1.54, 1.807) is 0 Å². The third-order valence-corrected chi connectivity index (χ3v) is 11.7. The molecule has 0 fully saturated rings. The van der Waals surface area contributed by atoms with Crippen molar-refractivity contribution in [3.8, 4) is 67.5 Å². The standard InChI is InChI=1S/C51H31N3OS/c1-3-11-32(12-4-1)36-15-9-16-38(29-36)50-52-49(53-51(54-50)39-26-27-42-41-17-7-8-19-44(41)55-45(42)30-39)35-23-21-33(22-24-35)37-25-28-43-47(31-37)56-46-20-10-18-40(48(43)46)34-13-5-2-6-14-34/h1-31H. The second kappa shape index (κ2) is 13.3. The lowest BCUT2D eigenvalue weighted by Gasteiger charge is -2.10. The van der Waals surface area contributed by atoms with Gasteiger partial charge in [0.1, 0.15) is 11.2 Å². The SMILES string of the molecule is c1ccc(-c2cccc(-c3nc(-c4ccc(-c5ccc6c(c5)sc5cccc(-c7ccccc7)c56)cc4)nc(-c4ccc5c(c4)oc4ccccc45)n3)c2)cc1. The van der Waals surface area contributed by atoms with E-state index < -0.39 is 0 Å². The van der Waals surface area contributed by atoms with Crippen LogP contribution in [-0.2, 0) is 0 Å². The molecular formula is C51H31N3OS. The van der Waals surface area contributed by atoms with Crippen molar-refractivity contribution in [1.82, 2.24) is 15.0 Å². The summed E-state index contributed by atoms with van der Waals surface area (Å²) in [6.45, 7) is 0. The zero-order chi connectivity index (χ0) is 37.0. The number of para-hydroxylation sites is 1. The van der Waals surface area contributed by atoms with E-state index in [9.17, 15) is 0 Å². The predicted molar refractivity (Wildman–Crippen MR) is 233 cm³/mol. The van der Waals surface area contributed by atoms with Crippen molar-refractivity contribution in [2.75, 3.05) is 0 Å². The van der Waals surface area contributed by atoms with Gasteiger partial charge in [-0.3, -0.25) is 0 Å². The molecule has 0 amide bonds. The Hall–Kier alpha value is -7.21. The Balaban J connectivity index is 0.996. The Morgan fingerprint density at radius 2 is 0.857 bits per heavy atom. The van der Waals surface area contributed by atoms with Gasteiger partial charge in [-0.1, -0.05) is 152 Å². The molecule has 0 aliphatic heterocycles. The molecular weight excluding hydrogens is 703 g/mol. The third kappa shape index (κ3) is 5.65. The number of benzene rings is 8. The number of nitrogens with zero attached hydrogens (tertiary/aromatic N) is 3. The highest BCUT2D eigenvalue weighted by Gasteiger charge is 2.16. The van der Waals surface area contributed by atoms with Gasteiger partial charge in [-0.05, 0) is 69.8 Å². The van der Waals surface area contributed by atoms with Crippen molar-refractivity contribution in [2.45, 2.75) is 0 Å². The van der Waals surface area contributed by atoms with Gasteiger partial charge in [0, 0.05) is 47.6 Å². The van der Waals surface area contributed by atoms with Crippen LogP contribution in [0.2, 0.25) is 0 Å². The molecule has 262 valence electrons. The molecule has 0 N–H and O–H groups in total. The lowest BCUT2D eigenvalue weighted by molar-refractivity contribution is 0.669. The van der Waals surface area contributed by atoms with Gasteiger partial charge < -0.3 is 4.42 Å². The van der Waals surface area contributed by atoms with Crippen LogP contribution >= 0.6 is 11.3 Å². The molecule has 3 heterocycles. The summed E-state index contributed by atoms with van der Waals surface area (Å²) < 4.78 is 8.83. The fraction of sp³-hybridized carbons (Fsp3) is 0. The van der Waals surface area contributed by atoms with Crippen LogP contribution in [0.15, 0.2) is 192 Å². The molecule has 0 radical (unpaired) electrons. The Morgan fingerprint density at radius 3 is 1.66 bits per heavy atom. The summed E-state index contributed by atoms with van der Waals surface area (Å²) in [7, 11) is 0. The summed E-state index contributed by atoms with van der Waals surface area (Å²) in [6.07, 6.45) is 0. The average molecular weight is 734 g/mol. The van der Waals surface area contributed by atoms with E-state index in [0.29, 0.717) is 17.5 Å². The van der Waals surface area contributed by atoms with Gasteiger partial charge in [-0.15, -0.1) is 11.3 Å². The van der Waals surface area contributed by atoms with E-state index in [2.05, 4.69) is 158 Å². The highest BCUT2D eigenvalue weighted by molar-refractivity contribution is 7.26. The van der Waals surface area contributed by atoms with E-state index in [-0.39, 0.29) is 0 Å². The maximum absolute atomic E-state index is 6.26. The number of hydrogen-bond acceptors (Lipinski definition) is 5. The van der Waals surface area contributed by atoms with Crippen molar-refractivity contribution in [3.05, 3.63) is 188 Å². The zero-order valence-electron chi connectivity index (χ0n) is 30.1. The quantitative estimate of drug-likeness (QED) is 0.171. The van der Waals surface area contributed by atoms with Crippen LogP contribution in [0.25, 0.3) is 110 Å². The van der Waals surface area contributed by atoms with Crippen molar-refractivity contribution in [2.24, 2.45) is 0 Å².